The molecule has 1 saturated heterocycles. The third-order valence-electron chi connectivity index (χ3n) is 4.97. The van der Waals surface area contributed by atoms with Crippen LogP contribution in [0, 0.1) is 12.8 Å². The number of nitrogens with one attached hydrogen (secondary N) is 3. The number of ether oxygens (including phenoxy) is 2. The summed E-state index contributed by atoms with van der Waals surface area (Å²) in [6.07, 6.45) is 5.16. The average molecular weight is 500 g/mol. The predicted octanol–water partition coefficient (Wildman–Crippen LogP) is 3.25. The SMILES string of the molecule is CN=C(NCCCOCC1CCOC1)NCCc1c[nH]c2cc(C)ccc12.I. The molecule has 1 aromatic heterocycles. The molecule has 0 radical (unpaired) electrons. The third kappa shape index (κ3) is 6.93. The van der Waals surface area contributed by atoms with Crippen molar-refractivity contribution >= 4 is 40.8 Å². The minimum atomic E-state index is 0. The number of hydrogen-bond acceptors (Lipinski definition) is 3. The number of aromatic nitrogens is 1. The van der Waals surface area contributed by atoms with Gasteiger partial charge in [-0.3, -0.25) is 4.99 Å². The summed E-state index contributed by atoms with van der Waals surface area (Å²) < 4.78 is 11.1. The van der Waals surface area contributed by atoms with Crippen LogP contribution in [0.25, 0.3) is 10.9 Å². The van der Waals surface area contributed by atoms with Gasteiger partial charge in [0.15, 0.2) is 5.96 Å². The van der Waals surface area contributed by atoms with Crippen molar-refractivity contribution in [2.45, 2.75) is 26.2 Å². The fraction of sp³-hybridized carbons (Fsp3) is 0.571. The highest BCUT2D eigenvalue weighted by Crippen LogP contribution is 2.19. The smallest absolute Gasteiger partial charge is 0.190 e. The molecule has 1 aliphatic heterocycles. The summed E-state index contributed by atoms with van der Waals surface area (Å²) in [6.45, 7) is 7.14. The lowest BCUT2D eigenvalue weighted by Crippen LogP contribution is -2.39. The van der Waals surface area contributed by atoms with Crippen LogP contribution in [0.2, 0.25) is 0 Å². The zero-order valence-corrected chi connectivity index (χ0v) is 19.3. The Morgan fingerprint density at radius 1 is 1.32 bits per heavy atom. The Hall–Kier alpha value is -1.32. The molecule has 0 saturated carbocycles. The maximum atomic E-state index is 5.73. The lowest BCUT2D eigenvalue weighted by molar-refractivity contribution is 0.0888. The number of halogens is 1. The number of aromatic amines is 1. The fourth-order valence-electron chi connectivity index (χ4n) is 3.39. The van der Waals surface area contributed by atoms with Crippen molar-refractivity contribution < 1.29 is 9.47 Å². The van der Waals surface area contributed by atoms with E-state index in [1.54, 1.807) is 7.05 Å². The molecular formula is C21H33IN4O2. The van der Waals surface area contributed by atoms with Gasteiger partial charge in [-0.1, -0.05) is 12.1 Å². The molecule has 2 heterocycles. The topological polar surface area (TPSA) is 70.7 Å². The van der Waals surface area contributed by atoms with E-state index in [1.807, 2.05) is 0 Å². The Bertz CT molecular complexity index is 741. The molecule has 0 bridgehead atoms. The van der Waals surface area contributed by atoms with E-state index in [0.29, 0.717) is 5.92 Å². The molecule has 2 aromatic rings. The van der Waals surface area contributed by atoms with Crippen LogP contribution in [0.1, 0.15) is 24.0 Å². The largest absolute Gasteiger partial charge is 0.381 e. The summed E-state index contributed by atoms with van der Waals surface area (Å²) in [5.74, 6) is 1.43. The quantitative estimate of drug-likeness (QED) is 0.214. The summed E-state index contributed by atoms with van der Waals surface area (Å²) in [4.78, 5) is 7.65. The van der Waals surface area contributed by atoms with Crippen LogP contribution < -0.4 is 10.6 Å². The van der Waals surface area contributed by atoms with Crippen molar-refractivity contribution in [2.24, 2.45) is 10.9 Å². The van der Waals surface area contributed by atoms with Gasteiger partial charge in [0, 0.05) is 56.4 Å². The number of fused-ring (bicyclic) bond motifs is 1. The van der Waals surface area contributed by atoms with E-state index in [2.05, 4.69) is 51.9 Å². The van der Waals surface area contributed by atoms with Crippen LogP contribution in [0.5, 0.6) is 0 Å². The van der Waals surface area contributed by atoms with Crippen LogP contribution in [-0.2, 0) is 15.9 Å². The van der Waals surface area contributed by atoms with Crippen molar-refractivity contribution in [2.75, 3.05) is 46.6 Å². The number of aryl methyl sites for hydroxylation is 1. The Morgan fingerprint density at radius 2 is 2.18 bits per heavy atom. The lowest BCUT2D eigenvalue weighted by Gasteiger charge is -2.12. The lowest BCUT2D eigenvalue weighted by atomic mass is 10.1. The van der Waals surface area contributed by atoms with Crippen molar-refractivity contribution in [3.63, 3.8) is 0 Å². The van der Waals surface area contributed by atoms with E-state index in [4.69, 9.17) is 9.47 Å². The molecule has 156 valence electrons. The van der Waals surface area contributed by atoms with Gasteiger partial charge in [0.25, 0.3) is 0 Å². The average Bonchev–Trinajstić information content (AvgIpc) is 3.32. The monoisotopic (exact) mass is 500 g/mol. The maximum Gasteiger partial charge on any atom is 0.190 e. The number of hydrogen-bond donors (Lipinski definition) is 3. The normalized spacial score (nSPS) is 16.9. The molecule has 1 atom stereocenters. The van der Waals surface area contributed by atoms with Gasteiger partial charge in [0.1, 0.15) is 0 Å². The molecular weight excluding hydrogens is 467 g/mol. The number of guanidine groups is 1. The second-order valence-corrected chi connectivity index (χ2v) is 7.20. The Balaban J connectivity index is 0.00000280. The van der Waals surface area contributed by atoms with Gasteiger partial charge in [-0.05, 0) is 43.4 Å². The van der Waals surface area contributed by atoms with Crippen LogP contribution >= 0.6 is 24.0 Å². The molecule has 0 spiro atoms. The standard InChI is InChI=1S/C21H32N4O2.HI/c1-16-4-5-19-18(13-25-20(19)12-16)6-9-24-21(22-2)23-8-3-10-26-14-17-7-11-27-15-17;/h4-5,12-13,17,25H,3,6-11,14-15H2,1-2H3,(H2,22,23,24);1H. The summed E-state index contributed by atoms with van der Waals surface area (Å²) in [5, 5.41) is 8.04. The summed E-state index contributed by atoms with van der Waals surface area (Å²) in [7, 11) is 1.81. The molecule has 1 aliphatic rings. The van der Waals surface area contributed by atoms with Gasteiger partial charge in [-0.2, -0.15) is 0 Å². The number of H-pyrrole nitrogens is 1. The molecule has 1 unspecified atom stereocenters. The molecule has 3 rings (SSSR count). The molecule has 7 heteroatoms. The second-order valence-electron chi connectivity index (χ2n) is 7.20. The molecule has 0 aliphatic carbocycles. The highest BCUT2D eigenvalue weighted by atomic mass is 127. The molecule has 0 amide bonds. The number of benzene rings is 1. The predicted molar refractivity (Wildman–Crippen MR) is 126 cm³/mol. The first kappa shape index (κ1) is 23.0. The van der Waals surface area contributed by atoms with Crippen molar-refractivity contribution in [1.82, 2.24) is 15.6 Å². The van der Waals surface area contributed by atoms with Crippen molar-refractivity contribution in [1.29, 1.82) is 0 Å². The minimum absolute atomic E-state index is 0. The summed E-state index contributed by atoms with van der Waals surface area (Å²) in [6, 6.07) is 6.55. The van der Waals surface area contributed by atoms with E-state index in [9.17, 15) is 0 Å². The highest BCUT2D eigenvalue weighted by Gasteiger charge is 2.15. The van der Waals surface area contributed by atoms with Gasteiger partial charge in [0.05, 0.1) is 13.2 Å². The number of nitrogens with zero attached hydrogens (tertiary/aromatic N) is 1. The van der Waals surface area contributed by atoms with E-state index < -0.39 is 0 Å². The van der Waals surface area contributed by atoms with Crippen LogP contribution in [0.3, 0.4) is 0 Å². The molecule has 28 heavy (non-hydrogen) atoms. The van der Waals surface area contributed by atoms with Gasteiger partial charge in [-0.15, -0.1) is 24.0 Å². The Labute approximate surface area is 184 Å². The molecule has 1 aromatic carbocycles. The number of rotatable bonds is 9. The second kappa shape index (κ2) is 12.3. The summed E-state index contributed by atoms with van der Waals surface area (Å²) >= 11 is 0. The molecule has 1 fully saturated rings. The third-order valence-corrected chi connectivity index (χ3v) is 4.97. The first-order valence-corrected chi connectivity index (χ1v) is 9.93. The van der Waals surface area contributed by atoms with Crippen LogP contribution in [0.15, 0.2) is 29.4 Å². The van der Waals surface area contributed by atoms with E-state index in [-0.39, 0.29) is 24.0 Å². The first-order chi connectivity index (χ1) is 13.3. The number of aliphatic imine (C=N–C) groups is 1. The van der Waals surface area contributed by atoms with E-state index in [0.717, 1.165) is 64.7 Å². The van der Waals surface area contributed by atoms with Gasteiger partial charge in [-0.25, -0.2) is 0 Å². The van der Waals surface area contributed by atoms with Crippen molar-refractivity contribution in [3.8, 4) is 0 Å². The first-order valence-electron chi connectivity index (χ1n) is 9.93. The Morgan fingerprint density at radius 3 is 2.96 bits per heavy atom. The van der Waals surface area contributed by atoms with Crippen LogP contribution in [-0.4, -0.2) is 57.5 Å². The van der Waals surface area contributed by atoms with E-state index >= 15 is 0 Å². The molecule has 6 nitrogen and oxygen atoms in total. The zero-order valence-electron chi connectivity index (χ0n) is 16.9. The molecule has 3 N–H and O–H groups in total. The fourth-order valence-corrected chi connectivity index (χ4v) is 3.39. The van der Waals surface area contributed by atoms with Gasteiger partial charge < -0.3 is 25.1 Å². The van der Waals surface area contributed by atoms with Gasteiger partial charge in [0.2, 0.25) is 0 Å². The summed E-state index contributed by atoms with van der Waals surface area (Å²) in [5.41, 5.74) is 3.81. The highest BCUT2D eigenvalue weighted by molar-refractivity contribution is 14.0. The zero-order chi connectivity index (χ0) is 18.9. The minimum Gasteiger partial charge on any atom is -0.381 e. The van der Waals surface area contributed by atoms with Crippen molar-refractivity contribution in [3.05, 3.63) is 35.5 Å². The Kier molecular flexibility index (Phi) is 10.1. The van der Waals surface area contributed by atoms with E-state index in [1.165, 1.54) is 22.0 Å². The maximum absolute atomic E-state index is 5.73. The van der Waals surface area contributed by atoms with Crippen LogP contribution in [0.4, 0.5) is 0 Å². The van der Waals surface area contributed by atoms with Gasteiger partial charge >= 0.3 is 0 Å².